The van der Waals surface area contributed by atoms with Crippen LogP contribution in [0.1, 0.15) is 24.0 Å². The molecule has 0 bridgehead atoms. The fourth-order valence-electron chi connectivity index (χ4n) is 2.52. The van der Waals surface area contributed by atoms with Crippen LogP contribution >= 0.6 is 0 Å². The van der Waals surface area contributed by atoms with E-state index in [0.29, 0.717) is 13.0 Å². The highest BCUT2D eigenvalue weighted by molar-refractivity contribution is 5.76. The molecule has 0 radical (unpaired) electrons. The molecule has 0 saturated carbocycles. The maximum atomic E-state index is 12.1. The minimum Gasteiger partial charge on any atom is -0.493 e. The van der Waals surface area contributed by atoms with Crippen molar-refractivity contribution < 1.29 is 9.53 Å². The lowest BCUT2D eigenvalue weighted by Crippen LogP contribution is -2.34. The number of para-hydroxylation sites is 1. The van der Waals surface area contributed by atoms with Gasteiger partial charge in [0, 0.05) is 19.6 Å². The number of carbonyl (C=O) groups excluding carboxylic acids is 1. The monoisotopic (exact) mass is 276 g/mol. The van der Waals surface area contributed by atoms with Gasteiger partial charge in [0.15, 0.2) is 0 Å². The van der Waals surface area contributed by atoms with Crippen LogP contribution in [0.3, 0.4) is 0 Å². The molecule has 20 heavy (non-hydrogen) atoms. The number of rotatable bonds is 4. The molecule has 4 nitrogen and oxygen atoms in total. The second-order valence-electron chi connectivity index (χ2n) is 5.30. The highest BCUT2D eigenvalue weighted by atomic mass is 16.5. The Morgan fingerprint density at radius 2 is 2.00 bits per heavy atom. The van der Waals surface area contributed by atoms with Crippen LogP contribution in [-0.2, 0) is 4.79 Å². The standard InChI is InChI=1S/C16H24N2O2/c1-13-5-3-6-14(2)16(13)20-12-7-15(19)18-10-4-8-17-9-11-18/h3,5-6,17H,4,7-12H2,1-2H3. The summed E-state index contributed by atoms with van der Waals surface area (Å²) in [4.78, 5) is 14.1. The van der Waals surface area contributed by atoms with Crippen molar-refractivity contribution in [3.8, 4) is 5.75 Å². The van der Waals surface area contributed by atoms with Crippen LogP contribution < -0.4 is 10.1 Å². The van der Waals surface area contributed by atoms with Crippen molar-refractivity contribution >= 4 is 5.91 Å². The van der Waals surface area contributed by atoms with Crippen LogP contribution in [0.4, 0.5) is 0 Å². The minimum atomic E-state index is 0.194. The number of carbonyl (C=O) groups is 1. The van der Waals surface area contributed by atoms with Crippen molar-refractivity contribution in [2.45, 2.75) is 26.7 Å². The Kier molecular flexibility index (Phi) is 5.41. The first-order valence-electron chi connectivity index (χ1n) is 7.36. The summed E-state index contributed by atoms with van der Waals surface area (Å²) in [7, 11) is 0. The number of amides is 1. The molecule has 1 aromatic rings. The van der Waals surface area contributed by atoms with E-state index in [2.05, 4.69) is 5.32 Å². The molecule has 2 rings (SSSR count). The maximum absolute atomic E-state index is 12.1. The molecule has 1 heterocycles. The Hall–Kier alpha value is -1.55. The Morgan fingerprint density at radius 1 is 1.25 bits per heavy atom. The molecule has 1 aliphatic heterocycles. The highest BCUT2D eigenvalue weighted by Crippen LogP contribution is 2.22. The molecule has 0 aromatic heterocycles. The summed E-state index contributed by atoms with van der Waals surface area (Å²) in [6.45, 7) is 8.08. The van der Waals surface area contributed by atoms with Crippen molar-refractivity contribution in [1.29, 1.82) is 0 Å². The first-order valence-corrected chi connectivity index (χ1v) is 7.36. The van der Waals surface area contributed by atoms with E-state index in [1.807, 2.05) is 36.9 Å². The molecule has 1 fully saturated rings. The summed E-state index contributed by atoms with van der Waals surface area (Å²) in [5.74, 6) is 1.11. The molecule has 0 atom stereocenters. The van der Waals surface area contributed by atoms with Gasteiger partial charge in [0.1, 0.15) is 5.75 Å². The second kappa shape index (κ2) is 7.29. The Morgan fingerprint density at radius 3 is 2.75 bits per heavy atom. The topological polar surface area (TPSA) is 41.6 Å². The fraction of sp³-hybridized carbons (Fsp3) is 0.562. The highest BCUT2D eigenvalue weighted by Gasteiger charge is 2.15. The molecular weight excluding hydrogens is 252 g/mol. The smallest absolute Gasteiger partial charge is 0.226 e. The van der Waals surface area contributed by atoms with Crippen LogP contribution in [0.15, 0.2) is 18.2 Å². The van der Waals surface area contributed by atoms with E-state index >= 15 is 0 Å². The largest absolute Gasteiger partial charge is 0.493 e. The van der Waals surface area contributed by atoms with Crippen LogP contribution in [0, 0.1) is 13.8 Å². The predicted molar refractivity (Wildman–Crippen MR) is 80.1 cm³/mol. The summed E-state index contributed by atoms with van der Waals surface area (Å²) in [5, 5.41) is 3.30. The lowest BCUT2D eigenvalue weighted by atomic mass is 10.1. The molecular formula is C16H24N2O2. The van der Waals surface area contributed by atoms with E-state index in [1.54, 1.807) is 0 Å². The van der Waals surface area contributed by atoms with Gasteiger partial charge in [-0.05, 0) is 37.9 Å². The fourth-order valence-corrected chi connectivity index (χ4v) is 2.52. The van der Waals surface area contributed by atoms with Gasteiger partial charge in [-0.2, -0.15) is 0 Å². The molecule has 1 N–H and O–H groups in total. The van der Waals surface area contributed by atoms with Crippen LogP contribution in [0.25, 0.3) is 0 Å². The molecule has 1 saturated heterocycles. The van der Waals surface area contributed by atoms with Crippen molar-refractivity contribution in [3.05, 3.63) is 29.3 Å². The van der Waals surface area contributed by atoms with Crippen molar-refractivity contribution in [2.24, 2.45) is 0 Å². The van der Waals surface area contributed by atoms with Crippen LogP contribution in [-0.4, -0.2) is 43.6 Å². The van der Waals surface area contributed by atoms with Crippen molar-refractivity contribution in [2.75, 3.05) is 32.8 Å². The van der Waals surface area contributed by atoms with Gasteiger partial charge in [-0.1, -0.05) is 18.2 Å². The average molecular weight is 276 g/mol. The number of hydrogen-bond acceptors (Lipinski definition) is 3. The summed E-state index contributed by atoms with van der Waals surface area (Å²) in [6, 6.07) is 6.09. The maximum Gasteiger partial charge on any atom is 0.226 e. The molecule has 1 amide bonds. The van der Waals surface area contributed by atoms with E-state index < -0.39 is 0 Å². The lowest BCUT2D eigenvalue weighted by molar-refractivity contribution is -0.131. The van der Waals surface area contributed by atoms with Crippen LogP contribution in [0.5, 0.6) is 5.75 Å². The number of hydrogen-bond donors (Lipinski definition) is 1. The molecule has 110 valence electrons. The second-order valence-corrected chi connectivity index (χ2v) is 5.30. The van der Waals surface area contributed by atoms with Crippen LogP contribution in [0.2, 0.25) is 0 Å². The summed E-state index contributed by atoms with van der Waals surface area (Å²) >= 11 is 0. The van der Waals surface area contributed by atoms with E-state index in [-0.39, 0.29) is 5.91 Å². The van der Waals surface area contributed by atoms with Gasteiger partial charge < -0.3 is 15.0 Å². The molecule has 1 aromatic carbocycles. The summed E-state index contributed by atoms with van der Waals surface area (Å²) in [5.41, 5.74) is 2.24. The van der Waals surface area contributed by atoms with E-state index in [4.69, 9.17) is 4.74 Å². The van der Waals surface area contributed by atoms with Gasteiger partial charge in [-0.15, -0.1) is 0 Å². The first-order chi connectivity index (χ1) is 9.68. The van der Waals surface area contributed by atoms with E-state index in [0.717, 1.165) is 49.5 Å². The van der Waals surface area contributed by atoms with Gasteiger partial charge in [-0.3, -0.25) is 4.79 Å². The Bertz CT molecular complexity index is 432. The van der Waals surface area contributed by atoms with Gasteiger partial charge in [0.2, 0.25) is 5.91 Å². The van der Waals surface area contributed by atoms with E-state index in [9.17, 15) is 4.79 Å². The van der Waals surface area contributed by atoms with Gasteiger partial charge >= 0.3 is 0 Å². The Balaban J connectivity index is 1.81. The van der Waals surface area contributed by atoms with Crippen molar-refractivity contribution in [3.63, 3.8) is 0 Å². The number of nitrogens with zero attached hydrogens (tertiary/aromatic N) is 1. The SMILES string of the molecule is Cc1cccc(C)c1OCCC(=O)N1CCCNCC1. The Labute approximate surface area is 121 Å². The number of nitrogens with one attached hydrogen (secondary N) is 1. The summed E-state index contributed by atoms with van der Waals surface area (Å²) in [6.07, 6.45) is 1.48. The zero-order valence-corrected chi connectivity index (χ0v) is 12.4. The van der Waals surface area contributed by atoms with Gasteiger partial charge in [-0.25, -0.2) is 0 Å². The number of ether oxygens (including phenoxy) is 1. The van der Waals surface area contributed by atoms with Gasteiger partial charge in [0.25, 0.3) is 0 Å². The normalized spacial score (nSPS) is 15.8. The van der Waals surface area contributed by atoms with E-state index in [1.165, 1.54) is 0 Å². The average Bonchev–Trinajstić information content (AvgIpc) is 2.71. The first kappa shape index (κ1) is 14.9. The molecule has 4 heteroatoms. The third-order valence-corrected chi connectivity index (χ3v) is 3.66. The quantitative estimate of drug-likeness (QED) is 0.913. The minimum absolute atomic E-state index is 0.194. The third kappa shape index (κ3) is 3.97. The molecule has 0 aliphatic carbocycles. The zero-order valence-electron chi connectivity index (χ0n) is 12.4. The molecule has 0 spiro atoms. The lowest BCUT2D eigenvalue weighted by Gasteiger charge is -2.20. The predicted octanol–water partition coefficient (Wildman–Crippen LogP) is 1.89. The third-order valence-electron chi connectivity index (χ3n) is 3.66. The molecule has 0 unspecified atom stereocenters. The number of aryl methyl sites for hydroxylation is 2. The zero-order chi connectivity index (χ0) is 14.4. The van der Waals surface area contributed by atoms with Gasteiger partial charge in [0.05, 0.1) is 13.0 Å². The molecule has 1 aliphatic rings. The number of benzene rings is 1. The van der Waals surface area contributed by atoms with Crippen molar-refractivity contribution in [1.82, 2.24) is 10.2 Å². The summed E-state index contributed by atoms with van der Waals surface area (Å²) < 4.78 is 5.80.